The molecule has 2 aromatic rings. The Labute approximate surface area is 155 Å². The topological polar surface area (TPSA) is 76.7 Å². The molecular weight excluding hydrogens is 444 g/mol. The first-order valence-electron chi connectivity index (χ1n) is 6.88. The molecule has 0 saturated carbocycles. The van der Waals surface area contributed by atoms with Crippen molar-refractivity contribution in [3.05, 3.63) is 63.0 Å². The summed E-state index contributed by atoms with van der Waals surface area (Å²) in [4.78, 5) is 23.1. The van der Waals surface area contributed by atoms with E-state index in [0.29, 0.717) is 10.2 Å². The van der Waals surface area contributed by atoms with Crippen molar-refractivity contribution in [1.82, 2.24) is 10.9 Å². The maximum Gasteiger partial charge on any atom is 0.426 e. The number of hydrogen-bond donors (Lipinski definition) is 2. The van der Waals surface area contributed by atoms with Gasteiger partial charge >= 0.3 is 6.09 Å². The van der Waals surface area contributed by atoms with Crippen LogP contribution in [0.25, 0.3) is 0 Å². The average molecular weight is 458 g/mol. The summed E-state index contributed by atoms with van der Waals surface area (Å²) in [6, 6.07) is 14.5. The molecule has 0 heterocycles. The smallest absolute Gasteiger partial charge is 0.426 e. The highest BCUT2D eigenvalue weighted by Crippen LogP contribution is 2.27. The first-order chi connectivity index (χ1) is 11.5. The third-order valence-corrected chi connectivity index (χ3v) is 3.88. The first kappa shape index (κ1) is 18.3. The number of halogens is 2. The zero-order valence-corrected chi connectivity index (χ0v) is 15.6. The number of hydrogen-bond acceptors (Lipinski definition) is 4. The molecule has 0 unspecified atom stereocenters. The summed E-state index contributed by atoms with van der Waals surface area (Å²) >= 11 is 6.65. The molecule has 0 aliphatic rings. The van der Waals surface area contributed by atoms with Crippen molar-refractivity contribution >= 4 is 43.9 Å². The predicted octanol–water partition coefficient (Wildman–Crippen LogP) is 3.55. The lowest BCUT2D eigenvalue weighted by molar-refractivity contribution is -0.124. The van der Waals surface area contributed by atoms with Crippen LogP contribution in [0.2, 0.25) is 0 Å². The van der Waals surface area contributed by atoms with Gasteiger partial charge in [-0.3, -0.25) is 10.2 Å². The van der Waals surface area contributed by atoms with Gasteiger partial charge in [0, 0.05) is 4.47 Å². The van der Waals surface area contributed by atoms with Gasteiger partial charge in [0.15, 0.2) is 6.61 Å². The molecule has 0 fully saturated rings. The molecule has 0 atom stereocenters. The van der Waals surface area contributed by atoms with Crippen molar-refractivity contribution < 1.29 is 19.1 Å². The minimum atomic E-state index is -0.753. The second-order valence-electron chi connectivity index (χ2n) is 4.60. The van der Waals surface area contributed by atoms with Gasteiger partial charge in [0.05, 0.1) is 4.47 Å². The van der Waals surface area contributed by atoms with Crippen LogP contribution in [0.3, 0.4) is 0 Å². The van der Waals surface area contributed by atoms with Crippen LogP contribution in [0.15, 0.2) is 57.5 Å². The van der Waals surface area contributed by atoms with E-state index >= 15 is 0 Å². The molecular formula is C16H14Br2N2O4. The Morgan fingerprint density at radius 1 is 1.00 bits per heavy atom. The minimum absolute atomic E-state index is 0.116. The van der Waals surface area contributed by atoms with E-state index in [0.717, 1.165) is 10.0 Å². The Morgan fingerprint density at radius 3 is 2.46 bits per heavy atom. The van der Waals surface area contributed by atoms with E-state index < -0.39 is 12.0 Å². The maximum atomic E-state index is 11.6. The minimum Gasteiger partial charge on any atom is -0.483 e. The number of nitrogens with one attached hydrogen (secondary N) is 2. The molecule has 2 rings (SSSR count). The highest BCUT2D eigenvalue weighted by Gasteiger charge is 2.08. The van der Waals surface area contributed by atoms with E-state index in [1.54, 1.807) is 18.2 Å². The fraction of sp³-hybridized carbons (Fsp3) is 0.125. The van der Waals surface area contributed by atoms with Gasteiger partial charge in [0.25, 0.3) is 5.91 Å². The number of carbonyl (C=O) groups is 2. The van der Waals surface area contributed by atoms with Crippen molar-refractivity contribution in [3.8, 4) is 5.75 Å². The summed E-state index contributed by atoms with van der Waals surface area (Å²) in [7, 11) is 0. The number of carbonyl (C=O) groups excluding carboxylic acids is 2. The van der Waals surface area contributed by atoms with Crippen LogP contribution in [-0.2, 0) is 16.1 Å². The maximum absolute atomic E-state index is 11.6. The number of rotatable bonds is 5. The summed E-state index contributed by atoms with van der Waals surface area (Å²) in [5.41, 5.74) is 5.21. The Morgan fingerprint density at radius 2 is 1.75 bits per heavy atom. The molecule has 0 bridgehead atoms. The number of benzene rings is 2. The lowest BCUT2D eigenvalue weighted by Crippen LogP contribution is -2.44. The molecule has 6 nitrogen and oxygen atoms in total. The lowest BCUT2D eigenvalue weighted by atomic mass is 10.2. The molecule has 0 radical (unpaired) electrons. The van der Waals surface area contributed by atoms with Gasteiger partial charge < -0.3 is 9.47 Å². The molecule has 0 saturated heterocycles. The summed E-state index contributed by atoms with van der Waals surface area (Å²) < 4.78 is 11.9. The predicted molar refractivity (Wildman–Crippen MR) is 95.2 cm³/mol. The molecule has 126 valence electrons. The van der Waals surface area contributed by atoms with E-state index in [1.165, 1.54) is 0 Å². The molecule has 0 aliphatic carbocycles. The fourth-order valence-electron chi connectivity index (χ4n) is 1.65. The highest BCUT2D eigenvalue weighted by atomic mass is 79.9. The normalized spacial score (nSPS) is 9.92. The van der Waals surface area contributed by atoms with Crippen molar-refractivity contribution in [2.75, 3.05) is 6.61 Å². The standard InChI is InChI=1S/C16H14Br2N2O4/c17-12-6-7-14(13(18)8-12)23-10-15(21)19-20-16(22)24-9-11-4-2-1-3-5-11/h1-8H,9-10H2,(H,19,21)(H,20,22). The van der Waals surface area contributed by atoms with Gasteiger partial charge in [-0.1, -0.05) is 46.3 Å². The quantitative estimate of drug-likeness (QED) is 0.673. The van der Waals surface area contributed by atoms with E-state index in [4.69, 9.17) is 9.47 Å². The molecule has 24 heavy (non-hydrogen) atoms. The van der Waals surface area contributed by atoms with Crippen LogP contribution in [0.1, 0.15) is 5.56 Å². The molecule has 0 aromatic heterocycles. The second-order valence-corrected chi connectivity index (χ2v) is 6.37. The van der Waals surface area contributed by atoms with Gasteiger partial charge in [-0.05, 0) is 39.7 Å². The van der Waals surface area contributed by atoms with Gasteiger partial charge in [-0.25, -0.2) is 10.2 Å². The number of hydrazine groups is 1. The van der Waals surface area contributed by atoms with Crippen LogP contribution in [0, 0.1) is 0 Å². The Bertz CT molecular complexity index is 710. The summed E-state index contributed by atoms with van der Waals surface area (Å²) in [6.45, 7) is -0.135. The van der Waals surface area contributed by atoms with Crippen LogP contribution in [-0.4, -0.2) is 18.6 Å². The van der Waals surface area contributed by atoms with E-state index in [1.807, 2.05) is 30.3 Å². The molecule has 2 N–H and O–H groups in total. The average Bonchev–Trinajstić information content (AvgIpc) is 2.58. The van der Waals surface area contributed by atoms with E-state index in [-0.39, 0.29) is 13.2 Å². The third kappa shape index (κ3) is 6.21. The van der Waals surface area contributed by atoms with Crippen molar-refractivity contribution in [2.24, 2.45) is 0 Å². The van der Waals surface area contributed by atoms with Crippen molar-refractivity contribution in [3.63, 3.8) is 0 Å². The highest BCUT2D eigenvalue weighted by molar-refractivity contribution is 9.11. The SMILES string of the molecule is O=C(COc1ccc(Br)cc1Br)NNC(=O)OCc1ccccc1. The number of ether oxygens (including phenoxy) is 2. The molecule has 8 heteroatoms. The Balaban J connectivity index is 1.68. The van der Waals surface area contributed by atoms with Crippen LogP contribution < -0.4 is 15.6 Å². The zero-order valence-electron chi connectivity index (χ0n) is 12.4. The second kappa shape index (κ2) is 9.29. The van der Waals surface area contributed by atoms with Crippen LogP contribution in [0.5, 0.6) is 5.75 Å². The van der Waals surface area contributed by atoms with Crippen LogP contribution in [0.4, 0.5) is 4.79 Å². The Hall–Kier alpha value is -2.06. The van der Waals surface area contributed by atoms with Gasteiger partial charge in [0.2, 0.25) is 0 Å². The van der Waals surface area contributed by atoms with Crippen molar-refractivity contribution in [2.45, 2.75) is 6.61 Å². The lowest BCUT2D eigenvalue weighted by Gasteiger charge is -2.10. The third-order valence-electron chi connectivity index (χ3n) is 2.77. The van der Waals surface area contributed by atoms with Gasteiger partial charge in [0.1, 0.15) is 12.4 Å². The van der Waals surface area contributed by atoms with Gasteiger partial charge in [-0.2, -0.15) is 0 Å². The van der Waals surface area contributed by atoms with Crippen molar-refractivity contribution in [1.29, 1.82) is 0 Å². The molecule has 0 aliphatic heterocycles. The Kier molecular flexibility index (Phi) is 7.07. The fourth-order valence-corrected chi connectivity index (χ4v) is 2.81. The summed E-state index contributed by atoms with van der Waals surface area (Å²) in [5, 5.41) is 0. The molecule has 0 spiro atoms. The summed E-state index contributed by atoms with van der Waals surface area (Å²) in [6.07, 6.45) is -0.753. The van der Waals surface area contributed by atoms with Crippen LogP contribution >= 0.6 is 31.9 Å². The monoisotopic (exact) mass is 456 g/mol. The first-order valence-corrected chi connectivity index (χ1v) is 8.46. The van der Waals surface area contributed by atoms with E-state index in [2.05, 4.69) is 42.7 Å². The largest absolute Gasteiger partial charge is 0.483 e. The number of amides is 2. The van der Waals surface area contributed by atoms with E-state index in [9.17, 15) is 9.59 Å². The van der Waals surface area contributed by atoms with Gasteiger partial charge in [-0.15, -0.1) is 0 Å². The summed E-state index contributed by atoms with van der Waals surface area (Å²) in [5.74, 6) is 0.00137. The molecule has 2 amide bonds. The molecule has 2 aromatic carbocycles. The zero-order chi connectivity index (χ0) is 17.4.